The Morgan fingerprint density at radius 1 is 1.18 bits per heavy atom. The minimum absolute atomic E-state index is 0.0371. The molecule has 28 heavy (non-hydrogen) atoms. The first kappa shape index (κ1) is 22.3. The summed E-state index contributed by atoms with van der Waals surface area (Å²) in [7, 11) is -3.73. The largest absolute Gasteiger partial charge is 0.480 e. The number of amides is 1. The molecule has 0 fully saturated rings. The second-order valence-electron chi connectivity index (χ2n) is 7.21. The van der Waals surface area contributed by atoms with Gasteiger partial charge in [-0.1, -0.05) is 6.07 Å². The van der Waals surface area contributed by atoms with Crippen molar-refractivity contribution in [3.05, 3.63) is 52.8 Å². The van der Waals surface area contributed by atoms with E-state index in [1.165, 1.54) is 43.3 Å². The minimum Gasteiger partial charge on any atom is -0.480 e. The minimum atomic E-state index is -3.73. The molecule has 2 rings (SSSR count). The van der Waals surface area contributed by atoms with Gasteiger partial charge in [0.2, 0.25) is 10.0 Å². The molecule has 2 N–H and O–H groups in total. The molecule has 0 saturated heterocycles. The van der Waals surface area contributed by atoms with Crippen LogP contribution in [0.25, 0.3) is 0 Å². The van der Waals surface area contributed by atoms with Crippen LogP contribution in [0, 0.1) is 5.82 Å². The van der Waals surface area contributed by atoms with Crippen molar-refractivity contribution in [3.63, 3.8) is 0 Å². The lowest BCUT2D eigenvalue weighted by molar-refractivity contribution is -0.122. The van der Waals surface area contributed by atoms with Gasteiger partial charge in [0.25, 0.3) is 5.91 Å². The normalized spacial score (nSPS) is 13.1. The topological polar surface area (TPSA) is 84.5 Å². The summed E-state index contributed by atoms with van der Waals surface area (Å²) in [6.07, 6.45) is -0.894. The fourth-order valence-electron chi connectivity index (χ4n) is 2.26. The maximum absolute atomic E-state index is 13.1. The van der Waals surface area contributed by atoms with Gasteiger partial charge in [0.1, 0.15) is 11.6 Å². The summed E-state index contributed by atoms with van der Waals surface area (Å²) in [5.74, 6) is -0.595. The standard InChI is InChI=1S/C19H22BrFN2O4S/c1-12(27-17-9-8-13(21)10-16(17)20)18(24)22-14-6-5-7-15(11-14)28(25,26)23-19(2,3)4/h5-12,23H,1-4H3,(H,22,24). The molecule has 0 heterocycles. The summed E-state index contributed by atoms with van der Waals surface area (Å²) < 4.78 is 46.5. The van der Waals surface area contributed by atoms with E-state index in [1.54, 1.807) is 26.8 Å². The van der Waals surface area contributed by atoms with Crippen LogP contribution in [0.15, 0.2) is 51.8 Å². The van der Waals surface area contributed by atoms with E-state index in [1.807, 2.05) is 0 Å². The molecule has 0 bridgehead atoms. The highest BCUT2D eigenvalue weighted by Crippen LogP contribution is 2.26. The lowest BCUT2D eigenvalue weighted by Crippen LogP contribution is -2.40. The lowest BCUT2D eigenvalue weighted by atomic mass is 10.1. The third-order valence-electron chi connectivity index (χ3n) is 3.42. The Labute approximate surface area is 172 Å². The molecule has 1 atom stereocenters. The molecular formula is C19H22BrFN2O4S. The molecule has 1 unspecified atom stereocenters. The molecule has 0 spiro atoms. The second kappa shape index (κ2) is 8.59. The molecule has 1 amide bonds. The second-order valence-corrected chi connectivity index (χ2v) is 9.74. The van der Waals surface area contributed by atoms with E-state index in [-0.39, 0.29) is 4.90 Å². The fraction of sp³-hybridized carbons (Fsp3) is 0.316. The van der Waals surface area contributed by atoms with Crippen molar-refractivity contribution in [2.24, 2.45) is 0 Å². The molecule has 2 aromatic rings. The van der Waals surface area contributed by atoms with Crippen LogP contribution in [-0.4, -0.2) is 26.0 Å². The summed E-state index contributed by atoms with van der Waals surface area (Å²) in [5, 5.41) is 2.62. The lowest BCUT2D eigenvalue weighted by Gasteiger charge is -2.20. The molecule has 2 aromatic carbocycles. The van der Waals surface area contributed by atoms with Crippen LogP contribution in [0.5, 0.6) is 5.75 Å². The van der Waals surface area contributed by atoms with Crippen molar-refractivity contribution in [1.29, 1.82) is 0 Å². The molecular weight excluding hydrogens is 451 g/mol. The predicted octanol–water partition coefficient (Wildman–Crippen LogP) is 4.07. The molecule has 0 aliphatic heterocycles. The van der Waals surface area contributed by atoms with E-state index in [0.29, 0.717) is 15.9 Å². The van der Waals surface area contributed by atoms with Crippen LogP contribution >= 0.6 is 15.9 Å². The van der Waals surface area contributed by atoms with Crippen molar-refractivity contribution in [2.75, 3.05) is 5.32 Å². The summed E-state index contributed by atoms with van der Waals surface area (Å²) >= 11 is 3.18. The predicted molar refractivity (Wildman–Crippen MR) is 109 cm³/mol. The number of sulfonamides is 1. The van der Waals surface area contributed by atoms with Gasteiger partial charge in [-0.3, -0.25) is 4.79 Å². The number of ether oxygens (including phenoxy) is 1. The molecule has 0 aliphatic carbocycles. The maximum atomic E-state index is 13.1. The van der Waals surface area contributed by atoms with Crippen molar-refractivity contribution in [2.45, 2.75) is 44.2 Å². The zero-order valence-electron chi connectivity index (χ0n) is 15.9. The van der Waals surface area contributed by atoms with Gasteiger partial charge in [-0.25, -0.2) is 17.5 Å². The van der Waals surface area contributed by atoms with Gasteiger partial charge in [0.05, 0.1) is 9.37 Å². The van der Waals surface area contributed by atoms with E-state index >= 15 is 0 Å². The number of benzene rings is 2. The molecule has 6 nitrogen and oxygen atoms in total. The van der Waals surface area contributed by atoms with Gasteiger partial charge in [-0.2, -0.15) is 0 Å². The molecule has 9 heteroatoms. The number of rotatable bonds is 6. The third-order valence-corrected chi connectivity index (χ3v) is 5.79. The van der Waals surface area contributed by atoms with Crippen molar-refractivity contribution in [1.82, 2.24) is 4.72 Å². The average Bonchev–Trinajstić information content (AvgIpc) is 2.55. The fourth-order valence-corrected chi connectivity index (χ4v) is 4.17. The van der Waals surface area contributed by atoms with E-state index < -0.39 is 33.4 Å². The van der Waals surface area contributed by atoms with Crippen molar-refractivity contribution >= 4 is 37.5 Å². The third kappa shape index (κ3) is 6.29. The summed E-state index contributed by atoms with van der Waals surface area (Å²) in [4.78, 5) is 12.4. The number of carbonyl (C=O) groups excluding carboxylic acids is 1. The highest BCUT2D eigenvalue weighted by Gasteiger charge is 2.23. The highest BCUT2D eigenvalue weighted by molar-refractivity contribution is 9.10. The van der Waals surface area contributed by atoms with Crippen LogP contribution in [0.2, 0.25) is 0 Å². The Hall–Kier alpha value is -1.97. The van der Waals surface area contributed by atoms with E-state index in [4.69, 9.17) is 4.74 Å². The van der Waals surface area contributed by atoms with Gasteiger partial charge in [0, 0.05) is 11.2 Å². The van der Waals surface area contributed by atoms with Crippen molar-refractivity contribution in [3.8, 4) is 5.75 Å². The van der Waals surface area contributed by atoms with E-state index in [9.17, 15) is 17.6 Å². The first-order chi connectivity index (χ1) is 12.9. The molecule has 0 aromatic heterocycles. The first-order valence-corrected chi connectivity index (χ1v) is 10.7. The van der Waals surface area contributed by atoms with Gasteiger partial charge >= 0.3 is 0 Å². The van der Waals surface area contributed by atoms with Crippen LogP contribution in [0.3, 0.4) is 0 Å². The summed E-state index contributed by atoms with van der Waals surface area (Å²) in [6.45, 7) is 6.75. The van der Waals surface area contributed by atoms with Gasteiger partial charge in [-0.05, 0) is 80.0 Å². The monoisotopic (exact) mass is 472 g/mol. The average molecular weight is 473 g/mol. The zero-order chi connectivity index (χ0) is 21.1. The number of carbonyl (C=O) groups is 1. The number of hydrogen-bond donors (Lipinski definition) is 2. The van der Waals surface area contributed by atoms with Gasteiger partial charge in [-0.15, -0.1) is 0 Å². The van der Waals surface area contributed by atoms with Gasteiger partial charge < -0.3 is 10.1 Å². The highest BCUT2D eigenvalue weighted by atomic mass is 79.9. The summed E-state index contributed by atoms with van der Waals surface area (Å²) in [6, 6.07) is 9.79. The number of hydrogen-bond acceptors (Lipinski definition) is 4. The van der Waals surface area contributed by atoms with Crippen LogP contribution in [0.4, 0.5) is 10.1 Å². The Kier molecular flexibility index (Phi) is 6.84. The molecule has 0 aliphatic rings. The van der Waals surface area contributed by atoms with Crippen LogP contribution in [-0.2, 0) is 14.8 Å². The Bertz CT molecular complexity index is 974. The van der Waals surface area contributed by atoms with Gasteiger partial charge in [0.15, 0.2) is 6.10 Å². The first-order valence-electron chi connectivity index (χ1n) is 8.44. The summed E-state index contributed by atoms with van der Waals surface area (Å²) in [5.41, 5.74) is -0.321. The quantitative estimate of drug-likeness (QED) is 0.663. The van der Waals surface area contributed by atoms with Crippen molar-refractivity contribution < 1.29 is 22.3 Å². The molecule has 152 valence electrons. The molecule has 0 radical (unpaired) electrons. The number of halogens is 2. The van der Waals surface area contributed by atoms with E-state index in [0.717, 1.165) is 0 Å². The van der Waals surface area contributed by atoms with Crippen LogP contribution in [0.1, 0.15) is 27.7 Å². The SMILES string of the molecule is CC(Oc1ccc(F)cc1Br)C(=O)Nc1cccc(S(=O)(=O)NC(C)(C)C)c1. The van der Waals surface area contributed by atoms with Crippen LogP contribution < -0.4 is 14.8 Å². The Balaban J connectivity index is 2.11. The number of anilines is 1. The van der Waals surface area contributed by atoms with E-state index in [2.05, 4.69) is 26.0 Å². The Morgan fingerprint density at radius 2 is 1.86 bits per heavy atom. The zero-order valence-corrected chi connectivity index (χ0v) is 18.3. The smallest absolute Gasteiger partial charge is 0.265 e. The molecule has 0 saturated carbocycles. The maximum Gasteiger partial charge on any atom is 0.265 e. The number of nitrogens with one attached hydrogen (secondary N) is 2. The Morgan fingerprint density at radius 3 is 2.46 bits per heavy atom.